The van der Waals surface area contributed by atoms with Crippen molar-refractivity contribution in [3.63, 3.8) is 0 Å². The number of rotatable bonds is 6. The summed E-state index contributed by atoms with van der Waals surface area (Å²) in [6.45, 7) is 0.618. The molecule has 0 bridgehead atoms. The van der Waals surface area contributed by atoms with E-state index in [2.05, 4.69) is 10.2 Å². The van der Waals surface area contributed by atoms with Gasteiger partial charge in [-0.3, -0.25) is 4.79 Å². The lowest BCUT2D eigenvalue weighted by Crippen LogP contribution is -2.46. The summed E-state index contributed by atoms with van der Waals surface area (Å²) < 4.78 is 4.85. The second kappa shape index (κ2) is 5.87. The first-order valence-corrected chi connectivity index (χ1v) is 6.30. The number of nitrogens with one attached hydrogen (secondary N) is 1. The summed E-state index contributed by atoms with van der Waals surface area (Å²) in [5.41, 5.74) is 1.10. The maximum absolute atomic E-state index is 11.7. The van der Waals surface area contributed by atoms with Crippen LogP contribution in [-0.2, 0) is 9.53 Å². The Morgan fingerprint density at radius 1 is 1.44 bits per heavy atom. The largest absolute Gasteiger partial charge is 0.468 e. The monoisotopic (exact) mass is 248 g/mol. The van der Waals surface area contributed by atoms with Crippen LogP contribution >= 0.6 is 0 Å². The van der Waals surface area contributed by atoms with Crippen molar-refractivity contribution in [3.05, 3.63) is 30.3 Å². The summed E-state index contributed by atoms with van der Waals surface area (Å²) >= 11 is 0. The molecule has 2 rings (SSSR count). The van der Waals surface area contributed by atoms with Crippen LogP contribution in [0.2, 0.25) is 0 Å². The number of esters is 1. The van der Waals surface area contributed by atoms with Crippen LogP contribution in [0.15, 0.2) is 30.3 Å². The van der Waals surface area contributed by atoms with Gasteiger partial charge in [-0.1, -0.05) is 18.2 Å². The maximum atomic E-state index is 11.7. The van der Waals surface area contributed by atoms with Crippen molar-refractivity contribution < 1.29 is 9.53 Å². The molecule has 1 aromatic carbocycles. The summed E-state index contributed by atoms with van der Waals surface area (Å²) in [6, 6.07) is 10.3. The van der Waals surface area contributed by atoms with Crippen LogP contribution < -0.4 is 10.2 Å². The zero-order chi connectivity index (χ0) is 13.0. The van der Waals surface area contributed by atoms with Crippen LogP contribution in [0.4, 0.5) is 5.69 Å². The number of likely N-dealkylation sites (N-methyl/N-ethyl adjacent to an activating group) is 1. The minimum Gasteiger partial charge on any atom is -0.468 e. The van der Waals surface area contributed by atoms with Crippen LogP contribution in [0, 0.1) is 0 Å². The molecule has 0 amide bonds. The van der Waals surface area contributed by atoms with E-state index in [9.17, 15) is 4.79 Å². The predicted octanol–water partition coefficient (Wildman–Crippen LogP) is 1.42. The maximum Gasteiger partial charge on any atom is 0.324 e. The van der Waals surface area contributed by atoms with E-state index in [-0.39, 0.29) is 12.0 Å². The van der Waals surface area contributed by atoms with E-state index in [1.54, 1.807) is 0 Å². The van der Waals surface area contributed by atoms with Crippen molar-refractivity contribution in [1.82, 2.24) is 5.32 Å². The fraction of sp³-hybridized carbons (Fsp3) is 0.500. The first-order valence-electron chi connectivity index (χ1n) is 6.30. The van der Waals surface area contributed by atoms with Crippen molar-refractivity contribution in [1.29, 1.82) is 0 Å². The number of benzene rings is 1. The highest BCUT2D eigenvalue weighted by Gasteiger charge is 2.29. The zero-order valence-electron chi connectivity index (χ0n) is 10.9. The van der Waals surface area contributed by atoms with Gasteiger partial charge in [-0.05, 0) is 25.0 Å². The quantitative estimate of drug-likeness (QED) is 0.773. The van der Waals surface area contributed by atoms with Gasteiger partial charge in [0.15, 0.2) is 0 Å². The summed E-state index contributed by atoms with van der Waals surface area (Å²) in [5, 5.41) is 3.33. The van der Waals surface area contributed by atoms with Gasteiger partial charge in [0.1, 0.15) is 6.04 Å². The van der Waals surface area contributed by atoms with Crippen LogP contribution in [0.3, 0.4) is 0 Å². The minimum absolute atomic E-state index is 0.190. The van der Waals surface area contributed by atoms with Crippen LogP contribution in [0.25, 0.3) is 0 Å². The molecule has 1 atom stereocenters. The van der Waals surface area contributed by atoms with E-state index in [4.69, 9.17) is 4.74 Å². The number of nitrogens with zero attached hydrogens (tertiary/aromatic N) is 1. The van der Waals surface area contributed by atoms with Crippen molar-refractivity contribution in [3.8, 4) is 0 Å². The summed E-state index contributed by atoms with van der Waals surface area (Å²) in [4.78, 5) is 13.8. The van der Waals surface area contributed by atoms with Gasteiger partial charge in [0, 0.05) is 25.3 Å². The molecule has 0 spiro atoms. The third-order valence-electron chi connectivity index (χ3n) is 3.15. The molecular formula is C14H20N2O2. The number of para-hydroxylation sites is 1. The standard InChI is InChI=1S/C14H20N2O2/c1-16(12-6-4-3-5-7-12)10-13(14(17)18-2)15-11-8-9-11/h3-7,11,13,15H,8-10H2,1-2H3. The minimum atomic E-state index is -0.257. The molecule has 0 heterocycles. The molecule has 1 unspecified atom stereocenters. The molecule has 0 saturated heterocycles. The van der Waals surface area contributed by atoms with E-state index < -0.39 is 0 Å². The Hall–Kier alpha value is -1.55. The zero-order valence-corrected chi connectivity index (χ0v) is 10.9. The molecule has 1 N–H and O–H groups in total. The Bertz CT molecular complexity index is 390. The lowest BCUT2D eigenvalue weighted by atomic mass is 10.2. The van der Waals surface area contributed by atoms with E-state index in [0.717, 1.165) is 18.5 Å². The van der Waals surface area contributed by atoms with Gasteiger partial charge in [-0.25, -0.2) is 0 Å². The second-order valence-electron chi connectivity index (χ2n) is 4.73. The molecule has 4 nitrogen and oxygen atoms in total. The highest BCUT2D eigenvalue weighted by Crippen LogP contribution is 2.20. The second-order valence-corrected chi connectivity index (χ2v) is 4.73. The normalized spacial score (nSPS) is 16.1. The Kier molecular flexibility index (Phi) is 4.20. The first-order chi connectivity index (χ1) is 8.70. The number of hydrogen-bond acceptors (Lipinski definition) is 4. The Balaban J connectivity index is 1.96. The molecule has 18 heavy (non-hydrogen) atoms. The number of methoxy groups -OCH3 is 1. The van der Waals surface area contributed by atoms with Gasteiger partial charge < -0.3 is 15.0 Å². The summed E-state index contributed by atoms with van der Waals surface area (Å²) in [7, 11) is 3.42. The number of carbonyl (C=O) groups excluding carboxylic acids is 1. The molecular weight excluding hydrogens is 228 g/mol. The Labute approximate surface area is 108 Å². The number of ether oxygens (including phenoxy) is 1. The average molecular weight is 248 g/mol. The van der Waals surface area contributed by atoms with Crippen LogP contribution in [-0.4, -0.2) is 38.8 Å². The van der Waals surface area contributed by atoms with Crippen molar-refractivity contribution >= 4 is 11.7 Å². The van der Waals surface area contributed by atoms with E-state index in [1.807, 2.05) is 37.4 Å². The smallest absolute Gasteiger partial charge is 0.324 e. The Morgan fingerprint density at radius 3 is 2.67 bits per heavy atom. The van der Waals surface area contributed by atoms with E-state index >= 15 is 0 Å². The fourth-order valence-electron chi connectivity index (χ4n) is 1.93. The fourth-order valence-corrected chi connectivity index (χ4v) is 1.93. The molecule has 0 aliphatic heterocycles. The molecule has 1 saturated carbocycles. The van der Waals surface area contributed by atoms with E-state index in [0.29, 0.717) is 12.6 Å². The molecule has 0 radical (unpaired) electrons. The van der Waals surface area contributed by atoms with Gasteiger partial charge in [0.05, 0.1) is 7.11 Å². The Morgan fingerprint density at radius 2 is 2.11 bits per heavy atom. The molecule has 1 fully saturated rings. The molecule has 98 valence electrons. The summed E-state index contributed by atoms with van der Waals surface area (Å²) in [6.07, 6.45) is 2.31. The van der Waals surface area contributed by atoms with Gasteiger partial charge in [-0.15, -0.1) is 0 Å². The van der Waals surface area contributed by atoms with Crippen molar-refractivity contribution in [2.75, 3.05) is 25.6 Å². The number of hydrogen-bond donors (Lipinski definition) is 1. The highest BCUT2D eigenvalue weighted by atomic mass is 16.5. The van der Waals surface area contributed by atoms with Gasteiger partial charge >= 0.3 is 5.97 Å². The van der Waals surface area contributed by atoms with Crippen LogP contribution in [0.5, 0.6) is 0 Å². The third-order valence-corrected chi connectivity index (χ3v) is 3.15. The number of carbonyl (C=O) groups is 1. The third kappa shape index (κ3) is 3.47. The van der Waals surface area contributed by atoms with Gasteiger partial charge in [-0.2, -0.15) is 0 Å². The first kappa shape index (κ1) is 12.9. The van der Waals surface area contributed by atoms with Gasteiger partial charge in [0.2, 0.25) is 0 Å². The lowest BCUT2D eigenvalue weighted by Gasteiger charge is -2.25. The molecule has 0 aromatic heterocycles. The van der Waals surface area contributed by atoms with Crippen LogP contribution in [0.1, 0.15) is 12.8 Å². The molecule has 4 heteroatoms. The lowest BCUT2D eigenvalue weighted by molar-refractivity contribution is -0.142. The SMILES string of the molecule is COC(=O)C(CN(C)c1ccccc1)NC1CC1. The van der Waals surface area contributed by atoms with Crippen molar-refractivity contribution in [2.24, 2.45) is 0 Å². The number of anilines is 1. The molecule has 1 aromatic rings. The van der Waals surface area contributed by atoms with Gasteiger partial charge in [0.25, 0.3) is 0 Å². The van der Waals surface area contributed by atoms with E-state index in [1.165, 1.54) is 7.11 Å². The summed E-state index contributed by atoms with van der Waals surface area (Å²) in [5.74, 6) is -0.190. The predicted molar refractivity (Wildman–Crippen MR) is 71.7 cm³/mol. The topological polar surface area (TPSA) is 41.6 Å². The average Bonchev–Trinajstić information content (AvgIpc) is 3.22. The highest BCUT2D eigenvalue weighted by molar-refractivity contribution is 5.76. The molecule has 1 aliphatic carbocycles. The van der Waals surface area contributed by atoms with Crippen molar-refractivity contribution in [2.45, 2.75) is 24.9 Å². The molecule has 1 aliphatic rings.